The molecule has 2 saturated heterocycles. The number of carbonyl (C=O) groups is 1. The van der Waals surface area contributed by atoms with Gasteiger partial charge in [-0.1, -0.05) is 11.3 Å². The summed E-state index contributed by atoms with van der Waals surface area (Å²) < 4.78 is 83.4. The highest BCUT2D eigenvalue weighted by Crippen LogP contribution is 2.41. The van der Waals surface area contributed by atoms with Crippen molar-refractivity contribution in [1.82, 2.24) is 29.8 Å². The molecule has 3 aromatic rings. The van der Waals surface area contributed by atoms with Gasteiger partial charge in [0, 0.05) is 44.3 Å². The molecule has 0 spiro atoms. The van der Waals surface area contributed by atoms with Gasteiger partial charge in [0.1, 0.15) is 5.52 Å². The van der Waals surface area contributed by atoms with Gasteiger partial charge in [-0.25, -0.2) is 27.0 Å². The molecule has 2 aliphatic heterocycles. The first-order valence-electron chi connectivity index (χ1n) is 12.1. The van der Waals surface area contributed by atoms with Crippen molar-refractivity contribution in [3.63, 3.8) is 0 Å². The zero-order valence-electron chi connectivity index (χ0n) is 21.3. The summed E-state index contributed by atoms with van der Waals surface area (Å²) in [7, 11) is 1.29. The summed E-state index contributed by atoms with van der Waals surface area (Å²) in [4.78, 5) is 16.5. The van der Waals surface area contributed by atoms with E-state index < -0.39 is 47.1 Å². The van der Waals surface area contributed by atoms with Gasteiger partial charge in [0.2, 0.25) is 5.13 Å². The van der Waals surface area contributed by atoms with Crippen molar-refractivity contribution >= 4 is 50.7 Å². The second kappa shape index (κ2) is 11.3. The second-order valence-electron chi connectivity index (χ2n) is 9.39. The highest BCUT2D eigenvalue weighted by molar-refractivity contribution is 7.79. The van der Waals surface area contributed by atoms with Crippen molar-refractivity contribution in [2.45, 2.75) is 23.3 Å². The van der Waals surface area contributed by atoms with Gasteiger partial charge in [0.15, 0.2) is 10.5 Å². The van der Waals surface area contributed by atoms with Crippen LogP contribution in [0.2, 0.25) is 0 Å². The molecule has 13 nitrogen and oxygen atoms in total. The number of urea groups is 1. The van der Waals surface area contributed by atoms with Crippen LogP contribution in [0.5, 0.6) is 0 Å². The number of nitrogens with one attached hydrogen (secondary N) is 1. The summed E-state index contributed by atoms with van der Waals surface area (Å²) >= 11 is -2.26. The molecule has 2 aliphatic rings. The SMILES string of the molecule is CN(CC(F)F)C(=O)N1CCN(c2cc(S(=O)[O-])c(NC3(C#N)COC3)c3c2cnn3-c2nnc(C(F)F)s2)CC1. The summed E-state index contributed by atoms with van der Waals surface area (Å²) in [5, 5.41) is 24.1. The van der Waals surface area contributed by atoms with Crippen molar-refractivity contribution in [2.24, 2.45) is 0 Å². The lowest BCUT2D eigenvalue weighted by Crippen LogP contribution is -2.55. The number of fused-ring (bicyclic) bond motifs is 1. The van der Waals surface area contributed by atoms with Crippen LogP contribution < -0.4 is 10.2 Å². The van der Waals surface area contributed by atoms with Gasteiger partial charge in [-0.2, -0.15) is 10.4 Å². The first kappa shape index (κ1) is 28.9. The molecule has 41 heavy (non-hydrogen) atoms. The number of benzene rings is 1. The zero-order chi connectivity index (χ0) is 29.5. The lowest BCUT2D eigenvalue weighted by atomic mass is 9.98. The molecule has 1 N–H and O–H groups in total. The molecule has 4 heterocycles. The van der Waals surface area contributed by atoms with Crippen molar-refractivity contribution in [1.29, 1.82) is 5.26 Å². The van der Waals surface area contributed by atoms with E-state index in [-0.39, 0.29) is 60.6 Å². The van der Waals surface area contributed by atoms with E-state index in [1.165, 1.54) is 28.9 Å². The minimum atomic E-state index is -2.88. The monoisotopic (exact) mass is 616 g/mol. The Labute approximate surface area is 236 Å². The minimum absolute atomic E-state index is 0.00988. The van der Waals surface area contributed by atoms with E-state index in [4.69, 9.17) is 4.74 Å². The van der Waals surface area contributed by atoms with Crippen LogP contribution >= 0.6 is 11.3 Å². The van der Waals surface area contributed by atoms with Crippen LogP contribution in [0.4, 0.5) is 33.7 Å². The number of anilines is 2. The summed E-state index contributed by atoms with van der Waals surface area (Å²) in [6.07, 6.45) is -4.14. The van der Waals surface area contributed by atoms with Crippen LogP contribution in [-0.4, -0.2) is 110 Å². The predicted molar refractivity (Wildman–Crippen MR) is 137 cm³/mol. The highest BCUT2D eigenvalue weighted by Gasteiger charge is 2.41. The third-order valence-electron chi connectivity index (χ3n) is 6.68. The van der Waals surface area contributed by atoms with Crippen molar-refractivity contribution < 1.29 is 35.9 Å². The lowest BCUT2D eigenvalue weighted by molar-refractivity contribution is -0.0133. The van der Waals surface area contributed by atoms with Gasteiger partial charge >= 0.3 is 6.03 Å². The van der Waals surface area contributed by atoms with Gasteiger partial charge in [-0.15, -0.1) is 10.2 Å². The molecule has 1 aromatic carbocycles. The molecule has 1 atom stereocenters. The average molecular weight is 617 g/mol. The van der Waals surface area contributed by atoms with E-state index in [9.17, 15) is 36.4 Å². The number of carbonyl (C=O) groups excluding carboxylic acids is 1. The molecule has 1 unspecified atom stereocenters. The summed E-state index contributed by atoms with van der Waals surface area (Å²) in [6.45, 7) is 0.0568. The number of piperazine rings is 1. The Hall–Kier alpha value is -3.60. The number of nitriles is 1. The minimum Gasteiger partial charge on any atom is -0.768 e. The summed E-state index contributed by atoms with van der Waals surface area (Å²) in [5.74, 6) is 0. The third-order valence-corrected chi connectivity index (χ3v) is 8.27. The van der Waals surface area contributed by atoms with Crippen LogP contribution in [0, 0.1) is 11.3 Å². The fourth-order valence-corrected chi connectivity index (χ4v) is 5.79. The Morgan fingerprint density at radius 1 is 1.29 bits per heavy atom. The molecule has 2 fully saturated rings. The summed E-state index contributed by atoms with van der Waals surface area (Å²) in [6, 6.07) is 2.93. The zero-order valence-corrected chi connectivity index (χ0v) is 22.9. The second-order valence-corrected chi connectivity index (χ2v) is 11.3. The van der Waals surface area contributed by atoms with E-state index in [1.807, 2.05) is 4.90 Å². The summed E-state index contributed by atoms with van der Waals surface area (Å²) in [5.41, 5.74) is -0.645. The number of hydrogen-bond acceptors (Lipinski definition) is 11. The molecule has 19 heteroatoms. The number of rotatable bonds is 8. The number of ether oxygens (including phenoxy) is 1. The quantitative estimate of drug-likeness (QED) is 0.294. The van der Waals surface area contributed by atoms with Crippen molar-refractivity contribution in [2.75, 3.05) is 63.2 Å². The fourth-order valence-electron chi connectivity index (χ4n) is 4.60. The molecular weight excluding hydrogens is 594 g/mol. The van der Waals surface area contributed by atoms with Crippen LogP contribution in [0.25, 0.3) is 16.0 Å². The molecule has 0 saturated carbocycles. The highest BCUT2D eigenvalue weighted by atomic mass is 32.2. The molecule has 0 radical (unpaired) electrons. The van der Waals surface area contributed by atoms with E-state index in [2.05, 4.69) is 26.7 Å². The Kier molecular flexibility index (Phi) is 8.00. The third kappa shape index (κ3) is 5.51. The maximum absolute atomic E-state index is 13.3. The standard InChI is InChI=1S/C22H23F4N9O4S2/c1-32(8-15(23)24)21(36)34-4-2-33(3-5-34)13-6-14(41(37)38)16(29-22(9-27)10-39-11-22)17-12(13)7-28-35(17)20-31-30-19(40-20)18(25)26/h6-7,15,18,29H,2-5,8,10-11H2,1H3,(H,37,38)/p-1. The Balaban J connectivity index is 1.57. The number of halogens is 4. The van der Waals surface area contributed by atoms with E-state index in [0.717, 1.165) is 4.90 Å². The lowest BCUT2D eigenvalue weighted by Gasteiger charge is -2.39. The van der Waals surface area contributed by atoms with E-state index >= 15 is 0 Å². The van der Waals surface area contributed by atoms with E-state index in [0.29, 0.717) is 22.4 Å². The van der Waals surface area contributed by atoms with Crippen LogP contribution in [-0.2, 0) is 15.8 Å². The average Bonchev–Trinajstić information content (AvgIpc) is 3.58. The number of hydrogen-bond donors (Lipinski definition) is 1. The van der Waals surface area contributed by atoms with Crippen molar-refractivity contribution in [3.05, 3.63) is 17.3 Å². The largest absolute Gasteiger partial charge is 0.768 e. The molecule has 5 rings (SSSR count). The van der Waals surface area contributed by atoms with Crippen molar-refractivity contribution in [3.8, 4) is 11.2 Å². The fraction of sp³-hybridized carbons (Fsp3) is 0.500. The van der Waals surface area contributed by atoms with Crippen LogP contribution in [0.1, 0.15) is 11.4 Å². The molecule has 220 valence electrons. The molecular formula is C22H22F4N9O4S2-. The maximum Gasteiger partial charge on any atom is 0.320 e. The first-order chi connectivity index (χ1) is 19.5. The molecule has 0 bridgehead atoms. The van der Waals surface area contributed by atoms with Gasteiger partial charge < -0.3 is 29.3 Å². The smallest absolute Gasteiger partial charge is 0.320 e. The number of aromatic nitrogens is 4. The Morgan fingerprint density at radius 2 is 2.00 bits per heavy atom. The normalized spacial score (nSPS) is 17.5. The predicted octanol–water partition coefficient (Wildman–Crippen LogP) is 2.20. The van der Waals surface area contributed by atoms with Gasteiger partial charge in [0.05, 0.1) is 42.6 Å². The van der Waals surface area contributed by atoms with Crippen LogP contribution in [0.15, 0.2) is 17.2 Å². The molecule has 2 aromatic heterocycles. The molecule has 0 aliphatic carbocycles. The number of alkyl halides is 4. The Morgan fingerprint density at radius 3 is 2.54 bits per heavy atom. The van der Waals surface area contributed by atoms with E-state index in [1.54, 1.807) is 0 Å². The topological polar surface area (TPSA) is 156 Å². The van der Waals surface area contributed by atoms with Gasteiger partial charge in [0.25, 0.3) is 12.9 Å². The molecule has 2 amide bonds. The Bertz CT molecular complexity index is 1520. The van der Waals surface area contributed by atoms with Crippen LogP contribution in [0.3, 0.4) is 0 Å². The first-order valence-corrected chi connectivity index (χ1v) is 14.0. The maximum atomic E-state index is 13.3. The van der Waals surface area contributed by atoms with Gasteiger partial charge in [-0.3, -0.25) is 4.21 Å². The number of nitrogens with zero attached hydrogens (tertiary/aromatic N) is 8. The number of amides is 2. The van der Waals surface area contributed by atoms with Gasteiger partial charge in [-0.05, 0) is 17.1 Å².